The number of nitrogens with two attached hydrogens (primary N) is 1. The van der Waals surface area contributed by atoms with Crippen LogP contribution >= 0.6 is 0 Å². The van der Waals surface area contributed by atoms with Gasteiger partial charge >= 0.3 is 0 Å². The van der Waals surface area contributed by atoms with Gasteiger partial charge in [0, 0.05) is 11.7 Å². The summed E-state index contributed by atoms with van der Waals surface area (Å²) in [5, 5.41) is 3.11. The maximum Gasteiger partial charge on any atom is 0.257 e. The van der Waals surface area contributed by atoms with Gasteiger partial charge in [-0.3, -0.25) is 4.79 Å². The summed E-state index contributed by atoms with van der Waals surface area (Å²) in [6.07, 6.45) is 4.52. The van der Waals surface area contributed by atoms with Crippen molar-refractivity contribution in [3.63, 3.8) is 0 Å². The van der Waals surface area contributed by atoms with Gasteiger partial charge < -0.3 is 15.8 Å². The Balaban J connectivity index is 2.12. The summed E-state index contributed by atoms with van der Waals surface area (Å²) in [5.41, 5.74) is 6.88. The number of carbonyl (C=O) groups excluding carboxylic acids is 1. The zero-order valence-corrected chi connectivity index (χ0v) is 12.3. The van der Waals surface area contributed by atoms with Crippen molar-refractivity contribution in [2.45, 2.75) is 45.6 Å². The molecule has 0 saturated heterocycles. The number of carbonyl (C=O) groups is 1. The summed E-state index contributed by atoms with van der Waals surface area (Å²) in [7, 11) is 0. The van der Waals surface area contributed by atoms with Gasteiger partial charge in [-0.05, 0) is 37.8 Å². The third-order valence-corrected chi connectivity index (χ3v) is 3.86. The van der Waals surface area contributed by atoms with Crippen LogP contribution in [0.4, 0.5) is 5.69 Å². The number of ether oxygens (including phenoxy) is 1. The van der Waals surface area contributed by atoms with Crippen LogP contribution in [-0.4, -0.2) is 18.6 Å². The first-order valence-corrected chi connectivity index (χ1v) is 7.44. The molecule has 2 rings (SSSR count). The molecule has 1 amide bonds. The van der Waals surface area contributed by atoms with Crippen LogP contribution in [0.3, 0.4) is 0 Å². The molecule has 20 heavy (non-hydrogen) atoms. The first-order chi connectivity index (χ1) is 9.61. The van der Waals surface area contributed by atoms with Gasteiger partial charge in [0.2, 0.25) is 0 Å². The van der Waals surface area contributed by atoms with E-state index in [4.69, 9.17) is 10.5 Å². The van der Waals surface area contributed by atoms with Gasteiger partial charge in [-0.1, -0.05) is 25.8 Å². The molecule has 0 aliphatic heterocycles. The Morgan fingerprint density at radius 3 is 2.95 bits per heavy atom. The summed E-state index contributed by atoms with van der Waals surface area (Å²) >= 11 is 0. The van der Waals surface area contributed by atoms with E-state index in [0.29, 0.717) is 29.5 Å². The molecule has 0 bridgehead atoms. The molecule has 2 unspecified atom stereocenters. The molecule has 1 saturated carbocycles. The third kappa shape index (κ3) is 3.44. The summed E-state index contributed by atoms with van der Waals surface area (Å²) in [6.45, 7) is 4.65. The van der Waals surface area contributed by atoms with Crippen molar-refractivity contribution in [3.8, 4) is 5.75 Å². The predicted octanol–water partition coefficient (Wildman–Crippen LogP) is 2.98. The Labute approximate surface area is 120 Å². The minimum atomic E-state index is -0.120. The molecule has 0 spiro atoms. The average Bonchev–Trinajstić information content (AvgIpc) is 2.39. The van der Waals surface area contributed by atoms with Crippen molar-refractivity contribution in [3.05, 3.63) is 23.8 Å². The van der Waals surface area contributed by atoms with Gasteiger partial charge in [-0.15, -0.1) is 0 Å². The highest BCUT2D eigenvalue weighted by atomic mass is 16.5. The molecule has 0 heterocycles. The van der Waals surface area contributed by atoms with Gasteiger partial charge in [0.05, 0.1) is 6.61 Å². The van der Waals surface area contributed by atoms with Crippen LogP contribution < -0.4 is 15.8 Å². The predicted molar refractivity (Wildman–Crippen MR) is 80.9 cm³/mol. The molecule has 1 aliphatic rings. The van der Waals surface area contributed by atoms with E-state index in [1.54, 1.807) is 18.2 Å². The second-order valence-electron chi connectivity index (χ2n) is 5.60. The lowest BCUT2D eigenvalue weighted by atomic mass is 9.87. The van der Waals surface area contributed by atoms with Crippen molar-refractivity contribution < 1.29 is 9.53 Å². The van der Waals surface area contributed by atoms with Crippen LogP contribution in [0.15, 0.2) is 18.2 Å². The van der Waals surface area contributed by atoms with E-state index in [1.807, 2.05) is 6.92 Å². The zero-order valence-electron chi connectivity index (χ0n) is 12.3. The topological polar surface area (TPSA) is 64.3 Å². The second-order valence-corrected chi connectivity index (χ2v) is 5.60. The fourth-order valence-corrected chi connectivity index (χ4v) is 2.89. The minimum absolute atomic E-state index is 0.120. The van der Waals surface area contributed by atoms with Crippen LogP contribution in [0, 0.1) is 5.92 Å². The van der Waals surface area contributed by atoms with Crippen molar-refractivity contribution in [2.75, 3.05) is 12.3 Å². The molecule has 1 fully saturated rings. The fourth-order valence-electron chi connectivity index (χ4n) is 2.89. The maximum absolute atomic E-state index is 12.5. The van der Waals surface area contributed by atoms with Gasteiger partial charge in [-0.25, -0.2) is 0 Å². The minimum Gasteiger partial charge on any atom is -0.493 e. The summed E-state index contributed by atoms with van der Waals surface area (Å²) in [4.78, 5) is 12.5. The lowest BCUT2D eigenvalue weighted by molar-refractivity contribution is 0.0918. The van der Waals surface area contributed by atoms with E-state index in [2.05, 4.69) is 12.2 Å². The molecule has 4 heteroatoms. The molecule has 0 radical (unpaired) electrons. The van der Waals surface area contributed by atoms with E-state index >= 15 is 0 Å². The summed E-state index contributed by atoms with van der Waals surface area (Å²) in [6, 6.07) is 5.58. The van der Waals surface area contributed by atoms with Crippen LogP contribution in [0.2, 0.25) is 0 Å². The molecule has 4 nitrogen and oxygen atoms in total. The first-order valence-electron chi connectivity index (χ1n) is 7.44. The number of amides is 1. The molecule has 1 aromatic carbocycles. The number of hydrogen-bond donors (Lipinski definition) is 2. The maximum atomic E-state index is 12.5. The van der Waals surface area contributed by atoms with Crippen LogP contribution in [0.1, 0.15) is 49.9 Å². The lowest BCUT2D eigenvalue weighted by Gasteiger charge is -2.27. The highest BCUT2D eigenvalue weighted by Crippen LogP contribution is 2.27. The van der Waals surface area contributed by atoms with E-state index < -0.39 is 0 Å². The number of anilines is 1. The Hall–Kier alpha value is -1.71. The average molecular weight is 276 g/mol. The van der Waals surface area contributed by atoms with E-state index in [0.717, 1.165) is 12.8 Å². The van der Waals surface area contributed by atoms with E-state index in [-0.39, 0.29) is 11.9 Å². The van der Waals surface area contributed by atoms with Crippen LogP contribution in [0.5, 0.6) is 5.75 Å². The molecule has 110 valence electrons. The molecule has 1 aromatic rings. The van der Waals surface area contributed by atoms with Gasteiger partial charge in [0.1, 0.15) is 11.3 Å². The molecule has 1 aliphatic carbocycles. The molecular formula is C16H24N2O2. The van der Waals surface area contributed by atoms with Gasteiger partial charge in [0.25, 0.3) is 5.91 Å². The monoisotopic (exact) mass is 276 g/mol. The number of nitrogen functional groups attached to an aromatic ring is 1. The normalized spacial score (nSPS) is 22.3. The summed E-state index contributed by atoms with van der Waals surface area (Å²) < 4.78 is 5.51. The fraction of sp³-hybridized carbons (Fsp3) is 0.562. The van der Waals surface area contributed by atoms with Gasteiger partial charge in [-0.2, -0.15) is 0 Å². The molecule has 0 aromatic heterocycles. The number of hydrogen-bond acceptors (Lipinski definition) is 3. The smallest absolute Gasteiger partial charge is 0.257 e. The number of benzene rings is 1. The van der Waals surface area contributed by atoms with Crippen molar-refractivity contribution in [2.24, 2.45) is 5.92 Å². The second kappa shape index (κ2) is 6.64. The van der Waals surface area contributed by atoms with E-state index in [9.17, 15) is 4.79 Å². The highest BCUT2D eigenvalue weighted by Gasteiger charge is 2.23. The zero-order chi connectivity index (χ0) is 14.5. The lowest BCUT2D eigenvalue weighted by Crippen LogP contribution is -2.38. The van der Waals surface area contributed by atoms with Crippen LogP contribution in [-0.2, 0) is 0 Å². The largest absolute Gasteiger partial charge is 0.493 e. The number of rotatable bonds is 4. The molecule has 2 atom stereocenters. The van der Waals surface area contributed by atoms with Crippen molar-refractivity contribution in [1.82, 2.24) is 5.32 Å². The quantitative estimate of drug-likeness (QED) is 0.831. The SMILES string of the molecule is CCOc1cccc(N)c1C(=O)NC1CCCC(C)C1. The highest BCUT2D eigenvalue weighted by molar-refractivity contribution is 6.02. The Bertz CT molecular complexity index is 474. The van der Waals surface area contributed by atoms with E-state index in [1.165, 1.54) is 12.8 Å². The van der Waals surface area contributed by atoms with Crippen molar-refractivity contribution in [1.29, 1.82) is 0 Å². The number of nitrogens with one attached hydrogen (secondary N) is 1. The Morgan fingerprint density at radius 1 is 1.45 bits per heavy atom. The van der Waals surface area contributed by atoms with Crippen LogP contribution in [0.25, 0.3) is 0 Å². The van der Waals surface area contributed by atoms with Crippen molar-refractivity contribution >= 4 is 11.6 Å². The molecule has 3 N–H and O–H groups in total. The Kier molecular flexibility index (Phi) is 4.88. The van der Waals surface area contributed by atoms with Gasteiger partial charge in [0.15, 0.2) is 0 Å². The first kappa shape index (κ1) is 14.7. The summed E-state index contributed by atoms with van der Waals surface area (Å²) in [5.74, 6) is 1.12. The third-order valence-electron chi connectivity index (χ3n) is 3.86. The molecular weight excluding hydrogens is 252 g/mol. The standard InChI is InChI=1S/C16H24N2O2/c1-3-20-14-9-5-8-13(17)15(14)16(19)18-12-7-4-6-11(2)10-12/h5,8-9,11-12H,3-4,6-7,10,17H2,1-2H3,(H,18,19). The Morgan fingerprint density at radius 2 is 2.25 bits per heavy atom.